The van der Waals surface area contributed by atoms with Crippen LogP contribution in [0.4, 0.5) is 9.52 Å². The van der Waals surface area contributed by atoms with Crippen molar-refractivity contribution < 1.29 is 13.9 Å². The van der Waals surface area contributed by atoms with Gasteiger partial charge < -0.3 is 4.74 Å². The molecule has 4 rings (SSSR count). The average molecular weight is 435 g/mol. The molecule has 1 heterocycles. The average Bonchev–Trinajstić information content (AvgIpc) is 3.24. The zero-order chi connectivity index (χ0) is 21.6. The van der Waals surface area contributed by atoms with Gasteiger partial charge in [-0.05, 0) is 42.3 Å². The molecule has 0 N–H and O–H groups in total. The SMILES string of the molecule is CCCCOc1cccc(C(=O)N(Cc2ccccc2)c2nc3c(F)cccc3s2)c1. The summed E-state index contributed by atoms with van der Waals surface area (Å²) < 4.78 is 20.7. The summed E-state index contributed by atoms with van der Waals surface area (Å²) in [6.07, 6.45) is 1.99. The van der Waals surface area contributed by atoms with Crippen LogP contribution >= 0.6 is 11.3 Å². The van der Waals surface area contributed by atoms with E-state index in [1.165, 1.54) is 17.4 Å². The number of para-hydroxylation sites is 1. The van der Waals surface area contributed by atoms with Gasteiger partial charge in [-0.1, -0.05) is 67.1 Å². The Morgan fingerprint density at radius 1 is 1.06 bits per heavy atom. The van der Waals surface area contributed by atoms with Crippen molar-refractivity contribution in [3.63, 3.8) is 0 Å². The third-order valence-corrected chi connectivity index (χ3v) is 5.91. The first kappa shape index (κ1) is 21.0. The van der Waals surface area contributed by atoms with E-state index < -0.39 is 5.82 Å². The first-order valence-electron chi connectivity index (χ1n) is 10.3. The highest BCUT2D eigenvalue weighted by Crippen LogP contribution is 2.32. The second kappa shape index (κ2) is 9.71. The van der Waals surface area contributed by atoms with E-state index in [2.05, 4.69) is 11.9 Å². The third-order valence-electron chi connectivity index (χ3n) is 4.87. The van der Waals surface area contributed by atoms with Gasteiger partial charge in [-0.15, -0.1) is 0 Å². The predicted octanol–water partition coefficient (Wildman–Crippen LogP) is 6.46. The third kappa shape index (κ3) is 4.91. The van der Waals surface area contributed by atoms with Crippen molar-refractivity contribution in [3.8, 4) is 5.75 Å². The maximum atomic E-state index is 14.2. The Morgan fingerprint density at radius 3 is 2.65 bits per heavy atom. The lowest BCUT2D eigenvalue weighted by molar-refractivity contribution is 0.0984. The molecule has 0 saturated carbocycles. The van der Waals surface area contributed by atoms with Crippen molar-refractivity contribution in [1.29, 1.82) is 0 Å². The number of hydrogen-bond donors (Lipinski definition) is 0. The van der Waals surface area contributed by atoms with Crippen LogP contribution in [0.15, 0.2) is 72.8 Å². The van der Waals surface area contributed by atoms with Gasteiger partial charge in [-0.25, -0.2) is 9.37 Å². The molecule has 4 nitrogen and oxygen atoms in total. The highest BCUT2D eigenvalue weighted by Gasteiger charge is 2.23. The fraction of sp³-hybridized carbons (Fsp3) is 0.200. The van der Waals surface area contributed by atoms with Crippen molar-refractivity contribution in [2.75, 3.05) is 11.5 Å². The Balaban J connectivity index is 1.69. The van der Waals surface area contributed by atoms with Gasteiger partial charge in [0.2, 0.25) is 0 Å². The van der Waals surface area contributed by atoms with Crippen LogP contribution in [0, 0.1) is 5.82 Å². The normalized spacial score (nSPS) is 10.9. The van der Waals surface area contributed by atoms with Crippen molar-refractivity contribution in [2.45, 2.75) is 26.3 Å². The molecule has 0 atom stereocenters. The number of benzene rings is 3. The Labute approximate surface area is 184 Å². The summed E-state index contributed by atoms with van der Waals surface area (Å²) in [4.78, 5) is 19.6. The number of carbonyl (C=O) groups is 1. The molecule has 1 amide bonds. The predicted molar refractivity (Wildman–Crippen MR) is 123 cm³/mol. The number of anilines is 1. The summed E-state index contributed by atoms with van der Waals surface area (Å²) in [5, 5.41) is 0.464. The first-order valence-corrected chi connectivity index (χ1v) is 11.1. The van der Waals surface area contributed by atoms with Gasteiger partial charge >= 0.3 is 0 Å². The fourth-order valence-electron chi connectivity index (χ4n) is 3.22. The van der Waals surface area contributed by atoms with Crippen LogP contribution in [-0.4, -0.2) is 17.5 Å². The van der Waals surface area contributed by atoms with Crippen LogP contribution in [0.2, 0.25) is 0 Å². The van der Waals surface area contributed by atoms with Crippen LogP contribution in [0.3, 0.4) is 0 Å². The van der Waals surface area contributed by atoms with E-state index in [1.807, 2.05) is 48.5 Å². The van der Waals surface area contributed by atoms with Gasteiger partial charge in [0, 0.05) is 5.56 Å². The number of fused-ring (bicyclic) bond motifs is 1. The molecule has 0 spiro atoms. The molecule has 0 aliphatic carbocycles. The van der Waals surface area contributed by atoms with Crippen LogP contribution in [0.5, 0.6) is 5.75 Å². The monoisotopic (exact) mass is 434 g/mol. The van der Waals surface area contributed by atoms with Gasteiger partial charge in [0.1, 0.15) is 17.1 Å². The molecule has 0 aliphatic heterocycles. The lowest BCUT2D eigenvalue weighted by Crippen LogP contribution is -2.30. The molecule has 0 bridgehead atoms. The molecule has 0 saturated heterocycles. The minimum atomic E-state index is -0.390. The highest BCUT2D eigenvalue weighted by atomic mass is 32.1. The molecule has 6 heteroatoms. The van der Waals surface area contributed by atoms with E-state index in [0.29, 0.717) is 34.3 Å². The zero-order valence-electron chi connectivity index (χ0n) is 17.3. The smallest absolute Gasteiger partial charge is 0.260 e. The summed E-state index contributed by atoms with van der Waals surface area (Å²) >= 11 is 1.31. The molecular formula is C25H23FN2O2S. The molecule has 0 radical (unpaired) electrons. The number of aromatic nitrogens is 1. The fourth-order valence-corrected chi connectivity index (χ4v) is 4.20. The maximum Gasteiger partial charge on any atom is 0.260 e. The lowest BCUT2D eigenvalue weighted by Gasteiger charge is -2.20. The number of nitrogens with zero attached hydrogens (tertiary/aromatic N) is 2. The zero-order valence-corrected chi connectivity index (χ0v) is 18.1. The summed E-state index contributed by atoms with van der Waals surface area (Å²) in [5.74, 6) is 0.0667. The number of amides is 1. The number of rotatable bonds is 8. The molecule has 3 aromatic carbocycles. The number of ether oxygens (including phenoxy) is 1. The number of unbranched alkanes of at least 4 members (excludes halogenated alkanes) is 1. The second-order valence-corrected chi connectivity index (χ2v) is 8.20. The summed E-state index contributed by atoms with van der Waals surface area (Å²) in [6.45, 7) is 3.05. The lowest BCUT2D eigenvalue weighted by atomic mass is 10.1. The van der Waals surface area contributed by atoms with Crippen LogP contribution < -0.4 is 9.64 Å². The Bertz CT molecular complexity index is 1180. The summed E-state index contributed by atoms with van der Waals surface area (Å²) in [6, 6.07) is 21.7. The minimum absolute atomic E-state index is 0.204. The number of carbonyl (C=O) groups excluding carboxylic acids is 1. The molecule has 0 aliphatic rings. The Morgan fingerprint density at radius 2 is 1.87 bits per heavy atom. The van der Waals surface area contributed by atoms with E-state index in [1.54, 1.807) is 23.1 Å². The Hall–Kier alpha value is -3.25. The van der Waals surface area contributed by atoms with Crippen molar-refractivity contribution in [3.05, 3.63) is 89.7 Å². The highest BCUT2D eigenvalue weighted by molar-refractivity contribution is 7.22. The summed E-state index contributed by atoms with van der Waals surface area (Å²) in [5.41, 5.74) is 1.75. The van der Waals surface area contributed by atoms with Gasteiger partial charge in [0.15, 0.2) is 5.13 Å². The van der Waals surface area contributed by atoms with E-state index >= 15 is 0 Å². The quantitative estimate of drug-likeness (QED) is 0.299. The molecule has 4 aromatic rings. The standard InChI is InChI=1S/C25H23FN2O2S/c1-2-3-15-30-20-12-7-11-19(16-20)24(29)28(17-18-9-5-4-6-10-18)25-27-23-21(26)13-8-14-22(23)31-25/h4-14,16H,2-3,15,17H2,1H3. The minimum Gasteiger partial charge on any atom is -0.494 e. The molecular weight excluding hydrogens is 411 g/mol. The first-order chi connectivity index (χ1) is 15.2. The van der Waals surface area contributed by atoms with E-state index in [9.17, 15) is 9.18 Å². The van der Waals surface area contributed by atoms with Gasteiger partial charge in [0.05, 0.1) is 17.9 Å². The van der Waals surface area contributed by atoms with Gasteiger partial charge in [0.25, 0.3) is 5.91 Å². The second-order valence-electron chi connectivity index (χ2n) is 7.19. The van der Waals surface area contributed by atoms with Crippen molar-refractivity contribution in [2.24, 2.45) is 0 Å². The molecule has 1 aromatic heterocycles. The number of halogens is 1. The number of thiazole rings is 1. The molecule has 158 valence electrons. The largest absolute Gasteiger partial charge is 0.494 e. The van der Waals surface area contributed by atoms with Crippen molar-refractivity contribution >= 4 is 32.6 Å². The number of hydrogen-bond acceptors (Lipinski definition) is 4. The van der Waals surface area contributed by atoms with Crippen LogP contribution in [-0.2, 0) is 6.54 Å². The van der Waals surface area contributed by atoms with E-state index in [-0.39, 0.29) is 11.4 Å². The van der Waals surface area contributed by atoms with Gasteiger partial charge in [-0.2, -0.15) is 0 Å². The Kier molecular flexibility index (Phi) is 6.57. The van der Waals surface area contributed by atoms with E-state index in [0.717, 1.165) is 18.4 Å². The molecule has 0 unspecified atom stereocenters. The molecule has 31 heavy (non-hydrogen) atoms. The summed E-state index contributed by atoms with van der Waals surface area (Å²) in [7, 11) is 0. The van der Waals surface area contributed by atoms with Crippen LogP contribution in [0.25, 0.3) is 10.2 Å². The maximum absolute atomic E-state index is 14.2. The van der Waals surface area contributed by atoms with E-state index in [4.69, 9.17) is 4.74 Å². The van der Waals surface area contributed by atoms with Gasteiger partial charge in [-0.3, -0.25) is 9.69 Å². The molecule has 0 fully saturated rings. The topological polar surface area (TPSA) is 42.4 Å². The van der Waals surface area contributed by atoms with Crippen LogP contribution in [0.1, 0.15) is 35.7 Å². The van der Waals surface area contributed by atoms with Crippen molar-refractivity contribution in [1.82, 2.24) is 4.98 Å².